The predicted molar refractivity (Wildman–Crippen MR) is 74.2 cm³/mol. The summed E-state index contributed by atoms with van der Waals surface area (Å²) in [5.74, 6) is 0. The SMILES string of the molecule is Cc1cc(S(=O)(=O)NC(C)C(C)(C)C)sc1CO. The maximum absolute atomic E-state index is 12.2. The van der Waals surface area contributed by atoms with Gasteiger partial charge in [-0.3, -0.25) is 0 Å². The van der Waals surface area contributed by atoms with E-state index >= 15 is 0 Å². The van der Waals surface area contributed by atoms with Gasteiger partial charge in [0.1, 0.15) is 4.21 Å². The average Bonchev–Trinajstić information content (AvgIpc) is 2.58. The third kappa shape index (κ3) is 3.54. The molecule has 1 aromatic heterocycles. The number of rotatable bonds is 4. The van der Waals surface area contributed by atoms with Crippen LogP contribution in [0.5, 0.6) is 0 Å². The molecule has 104 valence electrons. The molecule has 0 radical (unpaired) electrons. The number of nitrogens with one attached hydrogen (secondary N) is 1. The first-order valence-corrected chi connectivity index (χ1v) is 8.10. The summed E-state index contributed by atoms with van der Waals surface area (Å²) < 4.78 is 27.3. The summed E-state index contributed by atoms with van der Waals surface area (Å²) in [6, 6.07) is 1.44. The maximum Gasteiger partial charge on any atom is 0.250 e. The smallest absolute Gasteiger partial charge is 0.250 e. The van der Waals surface area contributed by atoms with Gasteiger partial charge in [-0.15, -0.1) is 11.3 Å². The van der Waals surface area contributed by atoms with Crippen LogP contribution < -0.4 is 4.72 Å². The highest BCUT2D eigenvalue weighted by atomic mass is 32.2. The molecular weight excluding hydrogens is 270 g/mol. The summed E-state index contributed by atoms with van der Waals surface area (Å²) in [6.07, 6.45) is 0. The van der Waals surface area contributed by atoms with Gasteiger partial charge in [-0.05, 0) is 30.9 Å². The molecule has 18 heavy (non-hydrogen) atoms. The fourth-order valence-corrected chi connectivity index (χ4v) is 4.16. The molecular formula is C12H21NO3S2. The van der Waals surface area contributed by atoms with Crippen molar-refractivity contribution in [3.8, 4) is 0 Å². The lowest BCUT2D eigenvalue weighted by Gasteiger charge is -2.27. The molecule has 1 atom stereocenters. The van der Waals surface area contributed by atoms with Crippen LogP contribution in [0.25, 0.3) is 0 Å². The molecule has 1 heterocycles. The minimum absolute atomic E-state index is 0.124. The monoisotopic (exact) mass is 291 g/mol. The van der Waals surface area contributed by atoms with E-state index in [0.717, 1.165) is 16.9 Å². The second-order valence-electron chi connectivity index (χ2n) is 5.54. The topological polar surface area (TPSA) is 66.4 Å². The maximum atomic E-state index is 12.2. The first kappa shape index (κ1) is 15.6. The molecule has 0 amide bonds. The lowest BCUT2D eigenvalue weighted by molar-refractivity contribution is 0.285. The zero-order valence-electron chi connectivity index (χ0n) is 11.4. The fourth-order valence-electron chi connectivity index (χ4n) is 1.25. The molecule has 1 rings (SSSR count). The van der Waals surface area contributed by atoms with Gasteiger partial charge in [0.15, 0.2) is 0 Å². The van der Waals surface area contributed by atoms with Crippen LogP contribution in [0.2, 0.25) is 0 Å². The molecule has 1 unspecified atom stereocenters. The Kier molecular flexibility index (Phi) is 4.59. The normalized spacial score (nSPS) is 14.8. The van der Waals surface area contributed by atoms with Gasteiger partial charge in [0.05, 0.1) is 6.61 Å². The van der Waals surface area contributed by atoms with Gasteiger partial charge in [0.2, 0.25) is 10.0 Å². The van der Waals surface area contributed by atoms with Crippen LogP contribution in [0.4, 0.5) is 0 Å². The van der Waals surface area contributed by atoms with Crippen molar-refractivity contribution in [1.29, 1.82) is 0 Å². The van der Waals surface area contributed by atoms with Crippen LogP contribution >= 0.6 is 11.3 Å². The van der Waals surface area contributed by atoms with E-state index in [2.05, 4.69) is 4.72 Å². The molecule has 0 fully saturated rings. The van der Waals surface area contributed by atoms with E-state index in [1.807, 2.05) is 27.7 Å². The summed E-state index contributed by atoms with van der Waals surface area (Å²) in [6.45, 7) is 9.48. The Morgan fingerprint density at radius 2 is 2.00 bits per heavy atom. The number of aliphatic hydroxyl groups excluding tert-OH is 1. The lowest BCUT2D eigenvalue weighted by atomic mass is 9.89. The van der Waals surface area contributed by atoms with Gasteiger partial charge in [-0.2, -0.15) is 0 Å². The quantitative estimate of drug-likeness (QED) is 0.894. The van der Waals surface area contributed by atoms with Crippen LogP contribution in [0.15, 0.2) is 10.3 Å². The van der Waals surface area contributed by atoms with Crippen LogP contribution in [-0.2, 0) is 16.6 Å². The minimum Gasteiger partial charge on any atom is -0.391 e. The number of sulfonamides is 1. The lowest BCUT2D eigenvalue weighted by Crippen LogP contribution is -2.41. The molecule has 4 nitrogen and oxygen atoms in total. The van der Waals surface area contributed by atoms with Gasteiger partial charge in [0.25, 0.3) is 0 Å². The Balaban J connectivity index is 3.00. The van der Waals surface area contributed by atoms with Crippen molar-refractivity contribution in [2.75, 3.05) is 0 Å². The Morgan fingerprint density at radius 1 is 1.44 bits per heavy atom. The first-order valence-electron chi connectivity index (χ1n) is 5.80. The summed E-state index contributed by atoms with van der Waals surface area (Å²) in [4.78, 5) is 0.693. The molecule has 0 aromatic carbocycles. The molecule has 0 bridgehead atoms. The molecule has 0 aliphatic heterocycles. The van der Waals surface area contributed by atoms with E-state index in [4.69, 9.17) is 5.11 Å². The highest BCUT2D eigenvalue weighted by Crippen LogP contribution is 2.27. The van der Waals surface area contributed by atoms with E-state index in [0.29, 0.717) is 4.88 Å². The molecule has 0 saturated carbocycles. The van der Waals surface area contributed by atoms with Gasteiger partial charge in [-0.1, -0.05) is 20.8 Å². The molecule has 2 N–H and O–H groups in total. The largest absolute Gasteiger partial charge is 0.391 e. The van der Waals surface area contributed by atoms with E-state index in [1.165, 1.54) is 0 Å². The zero-order chi connectivity index (χ0) is 14.1. The molecule has 1 aromatic rings. The third-order valence-corrected chi connectivity index (χ3v) is 6.27. The highest BCUT2D eigenvalue weighted by molar-refractivity contribution is 7.91. The molecule has 0 aliphatic rings. The van der Waals surface area contributed by atoms with E-state index in [1.54, 1.807) is 13.0 Å². The Labute approximate surface area is 113 Å². The summed E-state index contributed by atoms with van der Waals surface area (Å²) in [5.41, 5.74) is 0.672. The van der Waals surface area contributed by atoms with Gasteiger partial charge >= 0.3 is 0 Å². The van der Waals surface area contributed by atoms with Crippen molar-refractivity contribution in [2.24, 2.45) is 5.41 Å². The van der Waals surface area contributed by atoms with Crippen molar-refractivity contribution >= 4 is 21.4 Å². The van der Waals surface area contributed by atoms with Crippen molar-refractivity contribution < 1.29 is 13.5 Å². The number of aliphatic hydroxyl groups is 1. The Morgan fingerprint density at radius 3 is 2.39 bits per heavy atom. The van der Waals surface area contributed by atoms with Gasteiger partial charge in [-0.25, -0.2) is 13.1 Å². The van der Waals surface area contributed by atoms with Crippen molar-refractivity contribution in [2.45, 2.75) is 51.5 Å². The predicted octanol–water partition coefficient (Wildman–Crippen LogP) is 2.26. The molecule has 6 heteroatoms. The van der Waals surface area contributed by atoms with E-state index in [9.17, 15) is 8.42 Å². The van der Waals surface area contributed by atoms with E-state index in [-0.39, 0.29) is 22.3 Å². The highest BCUT2D eigenvalue weighted by Gasteiger charge is 2.27. The number of aryl methyl sites for hydroxylation is 1. The zero-order valence-corrected chi connectivity index (χ0v) is 13.1. The van der Waals surface area contributed by atoms with Crippen LogP contribution in [0, 0.1) is 12.3 Å². The summed E-state index contributed by atoms with van der Waals surface area (Å²) in [7, 11) is -3.50. The second-order valence-corrected chi connectivity index (χ2v) is 8.62. The number of hydrogen-bond acceptors (Lipinski definition) is 4. The van der Waals surface area contributed by atoms with E-state index < -0.39 is 10.0 Å². The van der Waals surface area contributed by atoms with Crippen LogP contribution in [-0.4, -0.2) is 19.6 Å². The van der Waals surface area contributed by atoms with Crippen molar-refractivity contribution in [3.05, 3.63) is 16.5 Å². The third-order valence-electron chi connectivity index (χ3n) is 3.04. The first-order chi connectivity index (χ1) is 8.08. The number of thiophene rings is 1. The van der Waals surface area contributed by atoms with Crippen molar-refractivity contribution in [3.63, 3.8) is 0 Å². The van der Waals surface area contributed by atoms with Gasteiger partial charge < -0.3 is 5.11 Å². The standard InChI is InChI=1S/C12H21NO3S2/c1-8-6-11(17-10(8)7-14)18(15,16)13-9(2)12(3,4)5/h6,9,13-14H,7H2,1-5H3. The Bertz CT molecular complexity index is 512. The van der Waals surface area contributed by atoms with Gasteiger partial charge in [0, 0.05) is 10.9 Å². The molecule has 0 spiro atoms. The van der Waals surface area contributed by atoms with Crippen LogP contribution in [0.1, 0.15) is 38.1 Å². The molecule has 0 aliphatic carbocycles. The average molecular weight is 291 g/mol. The van der Waals surface area contributed by atoms with Crippen LogP contribution in [0.3, 0.4) is 0 Å². The van der Waals surface area contributed by atoms with Crippen molar-refractivity contribution in [1.82, 2.24) is 4.72 Å². The Hall–Kier alpha value is -0.430. The second kappa shape index (κ2) is 5.28. The molecule has 0 saturated heterocycles. The summed E-state index contributed by atoms with van der Waals surface area (Å²) in [5, 5.41) is 9.10. The summed E-state index contributed by atoms with van der Waals surface area (Å²) >= 11 is 1.12. The fraction of sp³-hybridized carbons (Fsp3) is 0.667. The minimum atomic E-state index is -3.50. The number of hydrogen-bond donors (Lipinski definition) is 2.